The van der Waals surface area contributed by atoms with Crippen LogP contribution in [0, 0.1) is 0 Å². The number of ether oxygens (including phenoxy) is 2. The second-order valence-electron chi connectivity index (χ2n) is 15.2. The van der Waals surface area contributed by atoms with E-state index in [1.807, 2.05) is 102 Å². The molecule has 0 unspecified atom stereocenters. The molecule has 2 fully saturated rings. The Bertz CT molecular complexity index is 1270. The molecule has 0 bridgehead atoms. The zero-order valence-electron chi connectivity index (χ0n) is 30.7. The first-order valence-electron chi connectivity index (χ1n) is 16.8. The van der Waals surface area contributed by atoms with Crippen molar-refractivity contribution in [2.24, 2.45) is 0 Å². The second kappa shape index (κ2) is 15.4. The molecule has 0 N–H and O–H groups in total. The number of carbonyl (C=O) groups is 4. The van der Waals surface area contributed by atoms with Crippen LogP contribution < -0.4 is 0 Å². The van der Waals surface area contributed by atoms with E-state index in [1.165, 1.54) is 0 Å². The van der Waals surface area contributed by atoms with Gasteiger partial charge in [-0.2, -0.15) is 0 Å². The molecule has 10 heteroatoms. The lowest BCUT2D eigenvalue weighted by molar-refractivity contribution is -0.137. The van der Waals surface area contributed by atoms with Gasteiger partial charge in [0.15, 0.2) is 0 Å². The van der Waals surface area contributed by atoms with E-state index in [-0.39, 0.29) is 24.0 Å². The van der Waals surface area contributed by atoms with Gasteiger partial charge in [-0.3, -0.25) is 9.59 Å². The highest BCUT2D eigenvalue weighted by Crippen LogP contribution is 2.38. The zero-order chi connectivity index (χ0) is 35.9. The third kappa shape index (κ3) is 9.51. The zero-order valence-corrected chi connectivity index (χ0v) is 30.7. The summed E-state index contributed by atoms with van der Waals surface area (Å²) in [7, 11) is 7.14. The predicted octanol–water partition coefficient (Wildman–Crippen LogP) is 6.09. The van der Waals surface area contributed by atoms with E-state index in [9.17, 15) is 19.2 Å². The molecule has 0 aliphatic carbocycles. The molecule has 264 valence electrons. The van der Waals surface area contributed by atoms with E-state index in [4.69, 9.17) is 9.47 Å². The molecular weight excluding hydrogens is 608 g/mol. The van der Waals surface area contributed by atoms with Crippen molar-refractivity contribution in [2.75, 3.05) is 54.4 Å². The van der Waals surface area contributed by atoms with Crippen molar-refractivity contribution in [3.8, 4) is 0 Å². The van der Waals surface area contributed by atoms with E-state index < -0.39 is 22.0 Å². The highest BCUT2D eigenvalue weighted by atomic mass is 16.6. The largest absolute Gasteiger partial charge is 0.444 e. The highest BCUT2D eigenvalue weighted by molar-refractivity contribution is 5.89. The average Bonchev–Trinajstić information content (AvgIpc) is 3.03. The molecule has 2 aromatic carbocycles. The van der Waals surface area contributed by atoms with E-state index in [1.54, 1.807) is 47.8 Å². The number of amides is 4. The molecular formula is C38H56N4O6. The maximum atomic E-state index is 12.9. The van der Waals surface area contributed by atoms with Gasteiger partial charge in [0.25, 0.3) is 0 Å². The summed E-state index contributed by atoms with van der Waals surface area (Å²) in [6.07, 6.45) is 1.81. The molecule has 2 saturated heterocycles. The summed E-state index contributed by atoms with van der Waals surface area (Å²) in [5.74, 6) is 0.190. The van der Waals surface area contributed by atoms with Crippen LogP contribution >= 0.6 is 0 Å². The number of hydrogen-bond acceptors (Lipinski definition) is 6. The Morgan fingerprint density at radius 3 is 1.04 bits per heavy atom. The smallest absolute Gasteiger partial charge is 0.410 e. The normalized spacial score (nSPS) is 17.3. The fraction of sp³-hybridized carbons (Fsp3) is 0.579. The average molecular weight is 665 g/mol. The second-order valence-corrected chi connectivity index (χ2v) is 15.2. The van der Waals surface area contributed by atoms with Gasteiger partial charge in [-0.25, -0.2) is 9.59 Å². The molecule has 2 aromatic rings. The summed E-state index contributed by atoms with van der Waals surface area (Å²) in [5, 5.41) is 0. The summed E-state index contributed by atoms with van der Waals surface area (Å²) < 4.78 is 10.9. The number of hydrogen-bond donors (Lipinski definition) is 0. The SMILES string of the molecule is CN(C)C(=O)C1(c2ccccc2)CCN(C(=O)OC(C)(C)C)CC1.CN(C)C(=O)C1(c2ccccc2)CCN(C(=O)OC(C)(C)C)CC1. The number of carbonyl (C=O) groups excluding carboxylic acids is 4. The van der Waals surface area contributed by atoms with Crippen LogP contribution in [0.15, 0.2) is 60.7 Å². The summed E-state index contributed by atoms with van der Waals surface area (Å²) in [4.78, 5) is 57.1. The minimum Gasteiger partial charge on any atom is -0.444 e. The van der Waals surface area contributed by atoms with Crippen molar-refractivity contribution in [3.05, 3.63) is 71.8 Å². The standard InChI is InChI=1S/2C19H28N2O3/c2*1-18(2,3)24-17(23)21-13-11-19(12-14-21,16(22)20(4)5)15-9-7-6-8-10-15/h2*6-10H,11-14H2,1-5H3. The Balaban J connectivity index is 0.000000260. The topological polar surface area (TPSA) is 99.7 Å². The van der Waals surface area contributed by atoms with Gasteiger partial charge >= 0.3 is 12.2 Å². The van der Waals surface area contributed by atoms with E-state index in [2.05, 4.69) is 0 Å². The van der Waals surface area contributed by atoms with Crippen molar-refractivity contribution < 1.29 is 28.7 Å². The molecule has 4 amide bonds. The third-order valence-corrected chi connectivity index (χ3v) is 8.82. The molecule has 2 aliphatic rings. The number of benzene rings is 2. The Morgan fingerprint density at radius 1 is 0.542 bits per heavy atom. The molecule has 10 nitrogen and oxygen atoms in total. The van der Waals surface area contributed by atoms with Crippen LogP contribution in [-0.2, 0) is 29.9 Å². The van der Waals surface area contributed by atoms with Gasteiger partial charge in [-0.1, -0.05) is 60.7 Å². The maximum Gasteiger partial charge on any atom is 0.410 e. The van der Waals surface area contributed by atoms with Crippen LogP contribution in [0.25, 0.3) is 0 Å². The van der Waals surface area contributed by atoms with Gasteiger partial charge in [-0.15, -0.1) is 0 Å². The number of likely N-dealkylation sites (N-methyl/N-ethyl adjacent to an activating group) is 2. The van der Waals surface area contributed by atoms with Gasteiger partial charge in [0.05, 0.1) is 10.8 Å². The Hall–Kier alpha value is -4.08. The van der Waals surface area contributed by atoms with E-state index in [0.717, 1.165) is 11.1 Å². The van der Waals surface area contributed by atoms with Crippen molar-refractivity contribution >= 4 is 24.0 Å². The van der Waals surface area contributed by atoms with Crippen LogP contribution in [-0.4, -0.2) is 109 Å². The first kappa shape index (κ1) is 38.4. The molecule has 48 heavy (non-hydrogen) atoms. The highest BCUT2D eigenvalue weighted by Gasteiger charge is 2.46. The molecule has 0 aromatic heterocycles. The lowest BCUT2D eigenvalue weighted by Gasteiger charge is -2.42. The van der Waals surface area contributed by atoms with Crippen LogP contribution in [0.2, 0.25) is 0 Å². The van der Waals surface area contributed by atoms with Gasteiger partial charge in [0.2, 0.25) is 11.8 Å². The van der Waals surface area contributed by atoms with Gasteiger partial charge in [0, 0.05) is 54.4 Å². The summed E-state index contributed by atoms with van der Waals surface area (Å²) in [6.45, 7) is 13.2. The van der Waals surface area contributed by atoms with Crippen LogP contribution in [0.1, 0.15) is 78.4 Å². The van der Waals surface area contributed by atoms with Crippen molar-refractivity contribution in [3.63, 3.8) is 0 Å². The molecule has 2 heterocycles. The van der Waals surface area contributed by atoms with Crippen molar-refractivity contribution in [1.29, 1.82) is 0 Å². The number of likely N-dealkylation sites (tertiary alicyclic amines) is 2. The van der Waals surface area contributed by atoms with Crippen LogP contribution in [0.4, 0.5) is 9.59 Å². The monoisotopic (exact) mass is 664 g/mol. The van der Waals surface area contributed by atoms with E-state index in [0.29, 0.717) is 51.9 Å². The van der Waals surface area contributed by atoms with Gasteiger partial charge in [-0.05, 0) is 78.4 Å². The van der Waals surface area contributed by atoms with Crippen molar-refractivity contribution in [1.82, 2.24) is 19.6 Å². The summed E-state index contributed by atoms with van der Waals surface area (Å²) >= 11 is 0. The van der Waals surface area contributed by atoms with Crippen LogP contribution in [0.5, 0.6) is 0 Å². The van der Waals surface area contributed by atoms with Crippen molar-refractivity contribution in [2.45, 2.75) is 89.3 Å². The Labute approximate surface area is 287 Å². The maximum absolute atomic E-state index is 12.9. The molecule has 0 radical (unpaired) electrons. The first-order valence-corrected chi connectivity index (χ1v) is 16.8. The molecule has 2 aliphatic heterocycles. The fourth-order valence-corrected chi connectivity index (χ4v) is 6.42. The minimum atomic E-state index is -0.566. The predicted molar refractivity (Wildman–Crippen MR) is 188 cm³/mol. The summed E-state index contributed by atoms with van der Waals surface area (Å²) in [5.41, 5.74) is -0.109. The molecule has 4 rings (SSSR count). The molecule has 0 atom stereocenters. The first-order chi connectivity index (χ1) is 22.3. The number of rotatable bonds is 4. The van der Waals surface area contributed by atoms with E-state index >= 15 is 0 Å². The van der Waals surface area contributed by atoms with Crippen LogP contribution in [0.3, 0.4) is 0 Å². The quantitative estimate of drug-likeness (QED) is 0.393. The lowest BCUT2D eigenvalue weighted by atomic mass is 9.71. The number of nitrogens with zero attached hydrogens (tertiary/aromatic N) is 4. The van der Waals surface area contributed by atoms with Gasteiger partial charge < -0.3 is 29.1 Å². The Kier molecular flexibility index (Phi) is 12.3. The lowest BCUT2D eigenvalue weighted by Crippen LogP contribution is -2.53. The minimum absolute atomic E-state index is 0.0949. The molecule has 0 saturated carbocycles. The third-order valence-electron chi connectivity index (χ3n) is 8.82. The Morgan fingerprint density at radius 2 is 0.812 bits per heavy atom. The molecule has 0 spiro atoms. The summed E-state index contributed by atoms with van der Waals surface area (Å²) in [6, 6.07) is 19.8. The van der Waals surface area contributed by atoms with Gasteiger partial charge in [0.1, 0.15) is 11.2 Å². The fourth-order valence-electron chi connectivity index (χ4n) is 6.42. The number of piperidine rings is 2.